The first-order chi connectivity index (χ1) is 9.06. The van der Waals surface area contributed by atoms with Crippen molar-refractivity contribution in [2.24, 2.45) is 0 Å². The molecule has 5 heteroatoms. The third-order valence-corrected chi connectivity index (χ3v) is 3.57. The van der Waals surface area contributed by atoms with E-state index in [1.165, 1.54) is 12.1 Å². The fourth-order valence-electron chi connectivity index (χ4n) is 2.00. The summed E-state index contributed by atoms with van der Waals surface area (Å²) in [6, 6.07) is 6.60. The Morgan fingerprint density at radius 1 is 1.21 bits per heavy atom. The molecule has 0 N–H and O–H groups in total. The number of halogens is 3. The van der Waals surface area contributed by atoms with Crippen molar-refractivity contribution in [1.82, 2.24) is 9.38 Å². The van der Waals surface area contributed by atoms with Crippen molar-refractivity contribution in [1.29, 1.82) is 0 Å². The molecule has 3 aromatic rings. The largest absolute Gasteiger partial charge is 0.306 e. The van der Waals surface area contributed by atoms with Crippen molar-refractivity contribution in [2.45, 2.75) is 6.92 Å². The van der Waals surface area contributed by atoms with Crippen LogP contribution in [0.5, 0.6) is 0 Å². The number of imidazole rings is 1. The highest BCUT2D eigenvalue weighted by Crippen LogP contribution is 2.32. The topological polar surface area (TPSA) is 17.3 Å². The Hall–Kier alpha value is -1.58. The first-order valence-corrected chi connectivity index (χ1v) is 6.41. The smallest absolute Gasteiger partial charge is 0.142 e. The zero-order chi connectivity index (χ0) is 13.6. The van der Waals surface area contributed by atoms with E-state index in [9.17, 15) is 4.39 Å². The van der Waals surface area contributed by atoms with Crippen molar-refractivity contribution in [2.75, 3.05) is 0 Å². The predicted molar refractivity (Wildman–Crippen MR) is 75.3 cm³/mol. The SMILES string of the molecule is Cc1cccn2cc(-c3cc(F)c(Cl)cc3Cl)nc12. The second-order valence-electron chi connectivity index (χ2n) is 4.29. The van der Waals surface area contributed by atoms with Gasteiger partial charge in [-0.15, -0.1) is 0 Å². The van der Waals surface area contributed by atoms with E-state index in [1.54, 1.807) is 0 Å². The zero-order valence-corrected chi connectivity index (χ0v) is 11.5. The normalized spacial score (nSPS) is 11.2. The molecule has 2 heterocycles. The number of nitrogens with zero attached hydrogens (tertiary/aromatic N) is 2. The zero-order valence-electron chi connectivity index (χ0n) is 9.99. The number of pyridine rings is 1. The quantitative estimate of drug-likeness (QED) is 0.592. The van der Waals surface area contributed by atoms with Gasteiger partial charge in [0.05, 0.1) is 15.7 Å². The van der Waals surface area contributed by atoms with Crippen molar-refractivity contribution in [3.8, 4) is 11.3 Å². The third-order valence-electron chi connectivity index (χ3n) is 2.96. The maximum atomic E-state index is 13.6. The Morgan fingerprint density at radius 3 is 2.74 bits per heavy atom. The summed E-state index contributed by atoms with van der Waals surface area (Å²) in [5, 5.41) is 0.390. The van der Waals surface area contributed by atoms with E-state index < -0.39 is 5.82 Å². The fraction of sp³-hybridized carbons (Fsp3) is 0.0714. The van der Waals surface area contributed by atoms with Crippen molar-refractivity contribution in [3.63, 3.8) is 0 Å². The van der Waals surface area contributed by atoms with Crippen LogP contribution in [0.2, 0.25) is 10.0 Å². The second kappa shape index (κ2) is 4.51. The second-order valence-corrected chi connectivity index (χ2v) is 5.11. The van der Waals surface area contributed by atoms with Gasteiger partial charge in [0, 0.05) is 18.0 Å². The molecule has 0 atom stereocenters. The van der Waals surface area contributed by atoms with Gasteiger partial charge in [-0.3, -0.25) is 0 Å². The van der Waals surface area contributed by atoms with Crippen molar-refractivity contribution >= 4 is 28.8 Å². The number of aromatic nitrogens is 2. The van der Waals surface area contributed by atoms with Gasteiger partial charge in [-0.05, 0) is 30.7 Å². The number of benzene rings is 1. The molecule has 2 aromatic heterocycles. The highest BCUT2D eigenvalue weighted by molar-refractivity contribution is 6.36. The van der Waals surface area contributed by atoms with Gasteiger partial charge in [-0.25, -0.2) is 9.37 Å². The van der Waals surface area contributed by atoms with Gasteiger partial charge in [0.25, 0.3) is 0 Å². The molecule has 0 aliphatic carbocycles. The molecule has 0 unspecified atom stereocenters. The van der Waals surface area contributed by atoms with Gasteiger partial charge in [-0.2, -0.15) is 0 Å². The molecule has 0 aliphatic heterocycles. The van der Waals surface area contributed by atoms with E-state index in [2.05, 4.69) is 4.98 Å². The van der Waals surface area contributed by atoms with E-state index in [0.29, 0.717) is 16.3 Å². The highest BCUT2D eigenvalue weighted by atomic mass is 35.5. The summed E-state index contributed by atoms with van der Waals surface area (Å²) >= 11 is 11.8. The van der Waals surface area contributed by atoms with Gasteiger partial charge >= 0.3 is 0 Å². The van der Waals surface area contributed by atoms with Crippen LogP contribution in [0.3, 0.4) is 0 Å². The minimum absolute atomic E-state index is 0.00805. The fourth-order valence-corrected chi connectivity index (χ4v) is 2.48. The lowest BCUT2D eigenvalue weighted by Gasteiger charge is -2.02. The Labute approximate surface area is 119 Å². The monoisotopic (exact) mass is 294 g/mol. The van der Waals surface area contributed by atoms with Crippen LogP contribution >= 0.6 is 23.2 Å². The molecule has 0 amide bonds. The first kappa shape index (κ1) is 12.5. The third kappa shape index (κ3) is 2.09. The number of rotatable bonds is 1. The predicted octanol–water partition coefficient (Wildman–Crippen LogP) is 4.76. The van der Waals surface area contributed by atoms with E-state index in [0.717, 1.165) is 11.2 Å². The molecule has 0 fully saturated rings. The molecule has 96 valence electrons. The molecule has 1 aromatic carbocycles. The molecular weight excluding hydrogens is 286 g/mol. The Bertz CT molecular complexity index is 780. The molecule has 0 aliphatic rings. The number of fused-ring (bicyclic) bond motifs is 1. The van der Waals surface area contributed by atoms with Crippen LogP contribution < -0.4 is 0 Å². The molecule has 2 nitrogen and oxygen atoms in total. The van der Waals surface area contributed by atoms with Gasteiger partial charge in [0.15, 0.2) is 0 Å². The summed E-state index contributed by atoms with van der Waals surface area (Å²) in [7, 11) is 0. The summed E-state index contributed by atoms with van der Waals surface area (Å²) < 4.78 is 15.4. The van der Waals surface area contributed by atoms with Crippen LogP contribution in [0.1, 0.15) is 5.56 Å². The van der Waals surface area contributed by atoms with E-state index in [4.69, 9.17) is 23.2 Å². The van der Waals surface area contributed by atoms with Gasteiger partial charge in [0.1, 0.15) is 11.5 Å². The molecule has 19 heavy (non-hydrogen) atoms. The van der Waals surface area contributed by atoms with Crippen molar-refractivity contribution in [3.05, 3.63) is 58.1 Å². The standard InChI is InChI=1S/C14H9Cl2FN2/c1-8-3-2-4-19-7-13(18-14(8)19)9-5-12(17)11(16)6-10(9)15/h2-7H,1H3. The van der Waals surface area contributed by atoms with Crippen LogP contribution in [0.25, 0.3) is 16.9 Å². The summed E-state index contributed by atoms with van der Waals surface area (Å²) in [6.45, 7) is 1.97. The lowest BCUT2D eigenvalue weighted by Crippen LogP contribution is -1.84. The molecule has 0 saturated carbocycles. The Balaban J connectivity index is 2.25. The van der Waals surface area contributed by atoms with Crippen LogP contribution in [0.15, 0.2) is 36.7 Å². The molecule has 0 spiro atoms. The van der Waals surface area contributed by atoms with E-state index in [1.807, 2.05) is 35.9 Å². The van der Waals surface area contributed by atoms with E-state index >= 15 is 0 Å². The number of hydrogen-bond donors (Lipinski definition) is 0. The van der Waals surface area contributed by atoms with Gasteiger partial charge < -0.3 is 4.40 Å². The minimum atomic E-state index is -0.505. The number of aryl methyl sites for hydroxylation is 1. The maximum absolute atomic E-state index is 13.6. The average Bonchev–Trinajstić information content (AvgIpc) is 2.79. The average molecular weight is 295 g/mol. The minimum Gasteiger partial charge on any atom is -0.306 e. The van der Waals surface area contributed by atoms with Gasteiger partial charge in [-0.1, -0.05) is 29.3 Å². The first-order valence-electron chi connectivity index (χ1n) is 5.65. The summed E-state index contributed by atoms with van der Waals surface area (Å²) in [4.78, 5) is 4.48. The number of hydrogen-bond acceptors (Lipinski definition) is 1. The Morgan fingerprint density at radius 2 is 2.00 bits per heavy atom. The van der Waals surface area contributed by atoms with Crippen LogP contribution in [0, 0.1) is 12.7 Å². The molecule has 0 bridgehead atoms. The van der Waals surface area contributed by atoms with Crippen molar-refractivity contribution < 1.29 is 4.39 Å². The lowest BCUT2D eigenvalue weighted by atomic mass is 10.1. The summed E-state index contributed by atoms with van der Waals surface area (Å²) in [5.74, 6) is -0.505. The van der Waals surface area contributed by atoms with E-state index in [-0.39, 0.29) is 5.02 Å². The van der Waals surface area contributed by atoms with Crippen LogP contribution in [0.4, 0.5) is 4.39 Å². The highest BCUT2D eigenvalue weighted by Gasteiger charge is 2.12. The van der Waals surface area contributed by atoms with Crippen LogP contribution in [-0.2, 0) is 0 Å². The molecule has 3 rings (SSSR count). The molecule has 0 saturated heterocycles. The maximum Gasteiger partial charge on any atom is 0.142 e. The van der Waals surface area contributed by atoms with Gasteiger partial charge in [0.2, 0.25) is 0 Å². The molecular formula is C14H9Cl2FN2. The van der Waals surface area contributed by atoms with Crippen LogP contribution in [-0.4, -0.2) is 9.38 Å². The lowest BCUT2D eigenvalue weighted by molar-refractivity contribution is 0.629. The Kier molecular flexibility index (Phi) is 2.96. The molecule has 0 radical (unpaired) electrons. The summed E-state index contributed by atoms with van der Waals surface area (Å²) in [6.07, 6.45) is 3.70. The summed E-state index contributed by atoms with van der Waals surface area (Å²) in [5.41, 5.74) is 3.02.